The first-order chi connectivity index (χ1) is 8.10. The summed E-state index contributed by atoms with van der Waals surface area (Å²) in [5.41, 5.74) is 5.70. The molecule has 5 nitrogen and oxygen atoms in total. The third-order valence-electron chi connectivity index (χ3n) is 2.92. The van der Waals surface area contributed by atoms with Gasteiger partial charge in [0.25, 0.3) is 0 Å². The van der Waals surface area contributed by atoms with Crippen molar-refractivity contribution in [3.63, 3.8) is 0 Å². The lowest BCUT2D eigenvalue weighted by Gasteiger charge is -2.25. The minimum absolute atomic E-state index is 0.314. The van der Waals surface area contributed by atoms with Gasteiger partial charge in [-0.1, -0.05) is 20.3 Å². The molecule has 1 rings (SSSR count). The highest BCUT2D eigenvalue weighted by molar-refractivity contribution is 5.52. The van der Waals surface area contributed by atoms with E-state index in [1.807, 2.05) is 13.1 Å². The standard InChI is InChI=1S/C12H23N5/c1-5-9(3)8-17(6-2)11-7-10(14-4)15-12(13)16-11/h7,9H,5-6,8H2,1-4H3,(H3,13,14,15,16). The number of nitrogens with one attached hydrogen (secondary N) is 1. The van der Waals surface area contributed by atoms with Crippen LogP contribution in [0.4, 0.5) is 17.6 Å². The highest BCUT2D eigenvalue weighted by atomic mass is 15.2. The van der Waals surface area contributed by atoms with E-state index >= 15 is 0 Å². The number of rotatable bonds is 6. The summed E-state index contributed by atoms with van der Waals surface area (Å²) in [6, 6.07) is 1.93. The van der Waals surface area contributed by atoms with E-state index in [9.17, 15) is 0 Å². The highest BCUT2D eigenvalue weighted by Gasteiger charge is 2.11. The Balaban J connectivity index is 2.90. The molecule has 0 aliphatic carbocycles. The Hall–Kier alpha value is -1.52. The van der Waals surface area contributed by atoms with E-state index in [2.05, 4.69) is 41.0 Å². The first-order valence-electron chi connectivity index (χ1n) is 6.17. The zero-order chi connectivity index (χ0) is 12.8. The number of nitrogens with two attached hydrogens (primary N) is 1. The second-order valence-corrected chi connectivity index (χ2v) is 4.27. The van der Waals surface area contributed by atoms with Crippen LogP contribution in [0.3, 0.4) is 0 Å². The van der Waals surface area contributed by atoms with E-state index in [1.54, 1.807) is 0 Å². The van der Waals surface area contributed by atoms with Crippen LogP contribution in [0.15, 0.2) is 6.07 Å². The van der Waals surface area contributed by atoms with E-state index in [0.717, 1.165) is 31.1 Å². The van der Waals surface area contributed by atoms with Crippen molar-refractivity contribution < 1.29 is 0 Å². The van der Waals surface area contributed by atoms with Crippen LogP contribution >= 0.6 is 0 Å². The molecular weight excluding hydrogens is 214 g/mol. The van der Waals surface area contributed by atoms with Crippen molar-refractivity contribution in [2.75, 3.05) is 36.1 Å². The Bertz CT molecular complexity index is 353. The molecule has 1 unspecified atom stereocenters. The molecule has 5 heteroatoms. The Labute approximate surface area is 103 Å². The number of nitrogen functional groups attached to an aromatic ring is 1. The first kappa shape index (κ1) is 13.5. The van der Waals surface area contributed by atoms with Crippen molar-refractivity contribution in [1.82, 2.24) is 9.97 Å². The van der Waals surface area contributed by atoms with Gasteiger partial charge in [0, 0.05) is 26.2 Å². The van der Waals surface area contributed by atoms with Gasteiger partial charge >= 0.3 is 0 Å². The fraction of sp³-hybridized carbons (Fsp3) is 0.667. The molecular formula is C12H23N5. The third-order valence-corrected chi connectivity index (χ3v) is 2.92. The molecule has 0 aliphatic heterocycles. The summed E-state index contributed by atoms with van der Waals surface area (Å²) in [4.78, 5) is 10.6. The first-order valence-corrected chi connectivity index (χ1v) is 6.17. The molecule has 1 heterocycles. The van der Waals surface area contributed by atoms with Gasteiger partial charge in [-0.25, -0.2) is 0 Å². The molecule has 0 aromatic carbocycles. The smallest absolute Gasteiger partial charge is 0.223 e. The Morgan fingerprint density at radius 1 is 1.41 bits per heavy atom. The summed E-state index contributed by atoms with van der Waals surface area (Å²) in [5.74, 6) is 2.61. The zero-order valence-corrected chi connectivity index (χ0v) is 11.2. The van der Waals surface area contributed by atoms with Gasteiger partial charge in [0.05, 0.1) is 0 Å². The van der Waals surface area contributed by atoms with Gasteiger partial charge in [0.2, 0.25) is 5.95 Å². The average molecular weight is 237 g/mol. The van der Waals surface area contributed by atoms with Gasteiger partial charge in [-0.05, 0) is 12.8 Å². The molecule has 0 spiro atoms. The van der Waals surface area contributed by atoms with Gasteiger partial charge in [0.1, 0.15) is 11.6 Å². The topological polar surface area (TPSA) is 67.1 Å². The summed E-state index contributed by atoms with van der Waals surface area (Å²) in [6.45, 7) is 8.48. The number of hydrogen-bond acceptors (Lipinski definition) is 5. The SMILES string of the molecule is CCC(C)CN(CC)c1cc(NC)nc(N)n1. The molecule has 0 amide bonds. The van der Waals surface area contributed by atoms with Crippen molar-refractivity contribution in [2.24, 2.45) is 5.92 Å². The number of nitrogens with zero attached hydrogens (tertiary/aromatic N) is 3. The molecule has 0 radical (unpaired) electrons. The second-order valence-electron chi connectivity index (χ2n) is 4.27. The highest BCUT2D eigenvalue weighted by Crippen LogP contribution is 2.18. The van der Waals surface area contributed by atoms with Crippen LogP contribution in [-0.4, -0.2) is 30.1 Å². The van der Waals surface area contributed by atoms with E-state index in [0.29, 0.717) is 11.9 Å². The van der Waals surface area contributed by atoms with Crippen molar-refractivity contribution in [2.45, 2.75) is 27.2 Å². The van der Waals surface area contributed by atoms with Crippen LogP contribution in [0.25, 0.3) is 0 Å². The lowest BCUT2D eigenvalue weighted by atomic mass is 10.1. The predicted octanol–water partition coefficient (Wildman–Crippen LogP) is 1.97. The van der Waals surface area contributed by atoms with Gasteiger partial charge < -0.3 is 16.0 Å². The quantitative estimate of drug-likeness (QED) is 0.792. The summed E-state index contributed by atoms with van der Waals surface area (Å²) >= 11 is 0. The molecule has 0 fully saturated rings. The number of aromatic nitrogens is 2. The van der Waals surface area contributed by atoms with Gasteiger partial charge in [-0.15, -0.1) is 0 Å². The Morgan fingerprint density at radius 3 is 2.65 bits per heavy atom. The summed E-state index contributed by atoms with van der Waals surface area (Å²) in [7, 11) is 1.83. The number of hydrogen-bond donors (Lipinski definition) is 2. The average Bonchev–Trinajstić information content (AvgIpc) is 2.34. The van der Waals surface area contributed by atoms with Crippen molar-refractivity contribution >= 4 is 17.6 Å². The zero-order valence-electron chi connectivity index (χ0n) is 11.2. The Morgan fingerprint density at radius 2 is 2.12 bits per heavy atom. The predicted molar refractivity (Wildman–Crippen MR) is 73.3 cm³/mol. The van der Waals surface area contributed by atoms with E-state index in [4.69, 9.17) is 5.73 Å². The number of anilines is 3. The minimum atomic E-state index is 0.314. The third kappa shape index (κ3) is 3.76. The molecule has 0 saturated carbocycles. The molecule has 96 valence electrons. The maximum Gasteiger partial charge on any atom is 0.223 e. The summed E-state index contributed by atoms with van der Waals surface area (Å²) in [6.07, 6.45) is 1.16. The van der Waals surface area contributed by atoms with Crippen molar-refractivity contribution in [1.29, 1.82) is 0 Å². The van der Waals surface area contributed by atoms with Crippen molar-refractivity contribution in [3.05, 3.63) is 6.07 Å². The maximum atomic E-state index is 5.70. The van der Waals surface area contributed by atoms with Crippen molar-refractivity contribution in [3.8, 4) is 0 Å². The Kier molecular flexibility index (Phi) is 5.00. The lowest BCUT2D eigenvalue weighted by molar-refractivity contribution is 0.545. The fourth-order valence-electron chi connectivity index (χ4n) is 1.63. The minimum Gasteiger partial charge on any atom is -0.373 e. The van der Waals surface area contributed by atoms with Crippen LogP contribution in [0.5, 0.6) is 0 Å². The van der Waals surface area contributed by atoms with E-state index in [1.165, 1.54) is 0 Å². The molecule has 3 N–H and O–H groups in total. The van der Waals surface area contributed by atoms with Crippen LogP contribution in [0, 0.1) is 5.92 Å². The van der Waals surface area contributed by atoms with Crippen LogP contribution < -0.4 is 16.0 Å². The van der Waals surface area contributed by atoms with Gasteiger partial charge in [-0.2, -0.15) is 9.97 Å². The summed E-state index contributed by atoms with van der Waals surface area (Å²) in [5, 5.41) is 3.00. The monoisotopic (exact) mass is 237 g/mol. The molecule has 0 aliphatic rings. The lowest BCUT2D eigenvalue weighted by Crippen LogP contribution is -2.29. The van der Waals surface area contributed by atoms with Crippen LogP contribution in [0.2, 0.25) is 0 Å². The largest absolute Gasteiger partial charge is 0.373 e. The molecule has 1 atom stereocenters. The van der Waals surface area contributed by atoms with Gasteiger partial charge in [0.15, 0.2) is 0 Å². The summed E-state index contributed by atoms with van der Waals surface area (Å²) < 4.78 is 0. The van der Waals surface area contributed by atoms with E-state index < -0.39 is 0 Å². The normalized spacial score (nSPS) is 12.2. The maximum absolute atomic E-state index is 5.70. The molecule has 1 aromatic rings. The molecule has 17 heavy (non-hydrogen) atoms. The van der Waals surface area contributed by atoms with Crippen LogP contribution in [-0.2, 0) is 0 Å². The molecule has 1 aromatic heterocycles. The molecule has 0 saturated heterocycles. The van der Waals surface area contributed by atoms with Crippen LogP contribution in [0.1, 0.15) is 27.2 Å². The second kappa shape index (κ2) is 6.27. The van der Waals surface area contributed by atoms with Gasteiger partial charge in [-0.3, -0.25) is 0 Å². The van der Waals surface area contributed by atoms with E-state index in [-0.39, 0.29) is 0 Å². The molecule has 0 bridgehead atoms. The fourth-order valence-corrected chi connectivity index (χ4v) is 1.63.